The van der Waals surface area contributed by atoms with E-state index in [4.69, 9.17) is 4.98 Å². The molecule has 2 aliphatic rings. The van der Waals surface area contributed by atoms with Gasteiger partial charge in [-0.05, 0) is 80.3 Å². The standard InChI is InChI=1S/C43H29N/c1-28-18-20-29(21-19-28)31-23-25-42(44-27-31)30-22-24-41-37(26-30)33-11-3-2-10-32(33)34-12-4-7-15-38(34)43(41)39-16-8-5-13-35(39)36-14-6-9-17-40(36)43/h2-27H,1H3. The molecular weight excluding hydrogens is 530 g/mol. The van der Waals surface area contributed by atoms with Gasteiger partial charge in [-0.15, -0.1) is 0 Å². The van der Waals surface area contributed by atoms with Gasteiger partial charge in [0.25, 0.3) is 0 Å². The fourth-order valence-electron chi connectivity index (χ4n) is 7.69. The Morgan fingerprint density at radius 1 is 0.386 bits per heavy atom. The summed E-state index contributed by atoms with van der Waals surface area (Å²) in [6, 6.07) is 55.9. The van der Waals surface area contributed by atoms with Crippen LogP contribution in [0.25, 0.3) is 55.8 Å². The van der Waals surface area contributed by atoms with E-state index >= 15 is 0 Å². The average molecular weight is 560 g/mol. The summed E-state index contributed by atoms with van der Waals surface area (Å²) in [6.07, 6.45) is 2.00. The summed E-state index contributed by atoms with van der Waals surface area (Å²) in [4.78, 5) is 4.98. The molecule has 0 saturated heterocycles. The van der Waals surface area contributed by atoms with Gasteiger partial charge in [0, 0.05) is 17.3 Å². The lowest BCUT2D eigenvalue weighted by Gasteiger charge is -2.35. The van der Waals surface area contributed by atoms with Gasteiger partial charge in [0.15, 0.2) is 0 Å². The first-order valence-electron chi connectivity index (χ1n) is 15.3. The molecule has 0 N–H and O–H groups in total. The van der Waals surface area contributed by atoms with Crippen LogP contribution >= 0.6 is 0 Å². The van der Waals surface area contributed by atoms with Crippen molar-refractivity contribution in [1.29, 1.82) is 0 Å². The zero-order valence-electron chi connectivity index (χ0n) is 24.5. The molecular formula is C43H29N. The van der Waals surface area contributed by atoms with E-state index in [-0.39, 0.29) is 0 Å². The van der Waals surface area contributed by atoms with E-state index in [0.29, 0.717) is 0 Å². The molecule has 0 fully saturated rings. The third kappa shape index (κ3) is 3.44. The van der Waals surface area contributed by atoms with Crippen molar-refractivity contribution in [3.63, 3.8) is 0 Å². The van der Waals surface area contributed by atoms with Gasteiger partial charge < -0.3 is 0 Å². The summed E-state index contributed by atoms with van der Waals surface area (Å²) in [5.74, 6) is 0. The van der Waals surface area contributed by atoms with Crippen molar-refractivity contribution in [2.75, 3.05) is 0 Å². The molecule has 9 rings (SSSR count). The fraction of sp³-hybridized carbons (Fsp3) is 0.0465. The van der Waals surface area contributed by atoms with Crippen LogP contribution < -0.4 is 0 Å². The molecule has 0 unspecified atom stereocenters. The zero-order valence-corrected chi connectivity index (χ0v) is 24.5. The molecule has 0 saturated carbocycles. The third-order valence-electron chi connectivity index (χ3n) is 9.66. The number of rotatable bonds is 2. The van der Waals surface area contributed by atoms with Crippen molar-refractivity contribution in [3.05, 3.63) is 186 Å². The molecule has 1 heteroatoms. The molecule has 0 radical (unpaired) electrons. The van der Waals surface area contributed by atoms with Crippen molar-refractivity contribution in [3.8, 4) is 55.8 Å². The Kier molecular flexibility index (Phi) is 5.39. The second-order valence-electron chi connectivity index (χ2n) is 12.0. The average Bonchev–Trinajstić information content (AvgIpc) is 3.33. The van der Waals surface area contributed by atoms with Crippen LogP contribution in [0.1, 0.15) is 27.8 Å². The van der Waals surface area contributed by atoms with Gasteiger partial charge in [0.2, 0.25) is 0 Å². The minimum absolute atomic E-state index is 0.445. The molecule has 44 heavy (non-hydrogen) atoms. The zero-order chi connectivity index (χ0) is 29.3. The molecule has 206 valence electrons. The number of pyridine rings is 1. The first kappa shape index (κ1) is 25.0. The minimum Gasteiger partial charge on any atom is -0.256 e. The van der Waals surface area contributed by atoms with Crippen molar-refractivity contribution < 1.29 is 0 Å². The van der Waals surface area contributed by atoms with Crippen LogP contribution in [0.4, 0.5) is 0 Å². The molecule has 0 amide bonds. The van der Waals surface area contributed by atoms with Gasteiger partial charge in [-0.3, -0.25) is 4.98 Å². The smallest absolute Gasteiger partial charge is 0.0725 e. The Morgan fingerprint density at radius 3 is 1.41 bits per heavy atom. The van der Waals surface area contributed by atoms with Crippen LogP contribution in [0.3, 0.4) is 0 Å². The first-order chi connectivity index (χ1) is 21.7. The summed E-state index contributed by atoms with van der Waals surface area (Å²) in [5.41, 5.74) is 18.2. The molecule has 7 aromatic rings. The monoisotopic (exact) mass is 559 g/mol. The lowest BCUT2D eigenvalue weighted by molar-refractivity contribution is 0.775. The van der Waals surface area contributed by atoms with Gasteiger partial charge in [-0.2, -0.15) is 0 Å². The number of fused-ring (bicyclic) bond motifs is 12. The molecule has 6 aromatic carbocycles. The van der Waals surface area contributed by atoms with E-state index in [1.54, 1.807) is 0 Å². The van der Waals surface area contributed by atoms with Crippen LogP contribution in [-0.4, -0.2) is 4.98 Å². The van der Waals surface area contributed by atoms with Crippen molar-refractivity contribution >= 4 is 0 Å². The number of nitrogens with zero attached hydrogens (tertiary/aromatic N) is 1. The fourth-order valence-corrected chi connectivity index (χ4v) is 7.69. The molecule has 1 nitrogen and oxygen atoms in total. The highest BCUT2D eigenvalue weighted by molar-refractivity contribution is 5.97. The van der Waals surface area contributed by atoms with Gasteiger partial charge in [0.1, 0.15) is 0 Å². The largest absolute Gasteiger partial charge is 0.256 e. The second-order valence-corrected chi connectivity index (χ2v) is 12.0. The maximum absolute atomic E-state index is 4.98. The van der Waals surface area contributed by atoms with Crippen LogP contribution in [0.15, 0.2) is 158 Å². The number of aryl methyl sites for hydroxylation is 1. The van der Waals surface area contributed by atoms with E-state index in [1.165, 1.54) is 66.8 Å². The van der Waals surface area contributed by atoms with Crippen LogP contribution in [0.2, 0.25) is 0 Å². The number of hydrogen-bond acceptors (Lipinski definition) is 1. The number of benzene rings is 6. The van der Waals surface area contributed by atoms with E-state index in [9.17, 15) is 0 Å². The molecule has 0 aliphatic heterocycles. The van der Waals surface area contributed by atoms with E-state index < -0.39 is 5.41 Å². The Morgan fingerprint density at radius 2 is 0.841 bits per heavy atom. The Balaban J connectivity index is 1.33. The Hall–Kier alpha value is -5.53. The molecule has 1 spiro atoms. The molecule has 2 aliphatic carbocycles. The summed E-state index contributed by atoms with van der Waals surface area (Å²) in [5, 5.41) is 0. The molecule has 0 atom stereocenters. The van der Waals surface area contributed by atoms with Gasteiger partial charge >= 0.3 is 0 Å². The van der Waals surface area contributed by atoms with Crippen LogP contribution in [0, 0.1) is 6.92 Å². The lowest BCUT2D eigenvalue weighted by atomic mass is 9.66. The molecule has 1 heterocycles. The van der Waals surface area contributed by atoms with Crippen LogP contribution in [0.5, 0.6) is 0 Å². The highest BCUT2D eigenvalue weighted by Crippen LogP contribution is 2.61. The molecule has 0 bridgehead atoms. The maximum Gasteiger partial charge on any atom is 0.0725 e. The summed E-state index contributed by atoms with van der Waals surface area (Å²) in [6.45, 7) is 2.12. The highest BCUT2D eigenvalue weighted by Gasteiger charge is 2.49. The van der Waals surface area contributed by atoms with E-state index in [2.05, 4.69) is 159 Å². The normalized spacial score (nSPS) is 13.3. The SMILES string of the molecule is Cc1ccc(-c2ccc(-c3ccc4c(c3)-c3ccccc3-c3ccccc3C43c4ccccc4-c4ccccc43)nc2)cc1. The van der Waals surface area contributed by atoms with Crippen LogP contribution in [-0.2, 0) is 5.41 Å². The Bertz CT molecular complexity index is 2180. The first-order valence-corrected chi connectivity index (χ1v) is 15.3. The third-order valence-corrected chi connectivity index (χ3v) is 9.66. The predicted octanol–water partition coefficient (Wildman–Crippen LogP) is 10.7. The van der Waals surface area contributed by atoms with Crippen molar-refractivity contribution in [2.24, 2.45) is 0 Å². The predicted molar refractivity (Wildman–Crippen MR) is 182 cm³/mol. The quantitative estimate of drug-likeness (QED) is 0.205. The van der Waals surface area contributed by atoms with E-state index in [0.717, 1.165) is 16.8 Å². The van der Waals surface area contributed by atoms with E-state index in [1.807, 2.05) is 6.20 Å². The molecule has 1 aromatic heterocycles. The lowest BCUT2D eigenvalue weighted by Crippen LogP contribution is -2.29. The second kappa shape index (κ2) is 9.49. The maximum atomic E-state index is 4.98. The summed E-state index contributed by atoms with van der Waals surface area (Å²) < 4.78 is 0. The Labute approximate surface area is 258 Å². The highest BCUT2D eigenvalue weighted by atomic mass is 14.7. The summed E-state index contributed by atoms with van der Waals surface area (Å²) in [7, 11) is 0. The van der Waals surface area contributed by atoms with Gasteiger partial charge in [0.05, 0.1) is 11.1 Å². The topological polar surface area (TPSA) is 12.9 Å². The number of aromatic nitrogens is 1. The minimum atomic E-state index is -0.445. The van der Waals surface area contributed by atoms with Crippen molar-refractivity contribution in [1.82, 2.24) is 4.98 Å². The van der Waals surface area contributed by atoms with Gasteiger partial charge in [-0.25, -0.2) is 0 Å². The summed E-state index contributed by atoms with van der Waals surface area (Å²) >= 11 is 0. The van der Waals surface area contributed by atoms with Crippen molar-refractivity contribution in [2.45, 2.75) is 12.3 Å². The van der Waals surface area contributed by atoms with Gasteiger partial charge in [-0.1, -0.05) is 145 Å². The number of hydrogen-bond donors (Lipinski definition) is 0.